The van der Waals surface area contributed by atoms with Gasteiger partial charge in [0.05, 0.1) is 4.92 Å². The third kappa shape index (κ3) is 3.03. The molecule has 0 aliphatic rings. The number of carbonyl (C=O) groups is 2. The Bertz CT molecular complexity index is 512. The molecule has 1 atom stereocenters. The number of amides is 1. The molecule has 0 aliphatic heterocycles. The molecule has 1 amide bonds. The first-order valence-corrected chi connectivity index (χ1v) is 5.11. The van der Waals surface area contributed by atoms with Crippen molar-refractivity contribution >= 4 is 23.3 Å². The molecule has 1 unspecified atom stereocenters. The fourth-order valence-electron chi connectivity index (χ4n) is 1.25. The van der Waals surface area contributed by atoms with Gasteiger partial charge in [0.25, 0.3) is 5.69 Å². The second kappa shape index (κ2) is 5.26. The number of carboxylic acids is 1. The van der Waals surface area contributed by atoms with E-state index in [1.54, 1.807) is 6.92 Å². The molecule has 7 heteroatoms. The van der Waals surface area contributed by atoms with E-state index in [0.717, 1.165) is 0 Å². The van der Waals surface area contributed by atoms with E-state index in [1.165, 1.54) is 25.1 Å². The number of hydrogen-bond donors (Lipinski definition) is 2. The van der Waals surface area contributed by atoms with Crippen LogP contribution in [0.2, 0.25) is 0 Å². The lowest BCUT2D eigenvalue weighted by atomic mass is 10.1. The van der Waals surface area contributed by atoms with E-state index in [2.05, 4.69) is 5.32 Å². The largest absolute Gasteiger partial charge is 0.481 e. The third-order valence-corrected chi connectivity index (χ3v) is 2.44. The molecule has 1 aromatic carbocycles. The van der Waals surface area contributed by atoms with Crippen molar-refractivity contribution in [3.63, 3.8) is 0 Å². The van der Waals surface area contributed by atoms with Crippen LogP contribution in [-0.2, 0) is 9.59 Å². The van der Waals surface area contributed by atoms with Crippen LogP contribution in [0.4, 0.5) is 11.4 Å². The van der Waals surface area contributed by atoms with Gasteiger partial charge >= 0.3 is 5.97 Å². The fraction of sp³-hybridized carbons (Fsp3) is 0.273. The van der Waals surface area contributed by atoms with Gasteiger partial charge in [-0.05, 0) is 19.9 Å². The van der Waals surface area contributed by atoms with Crippen molar-refractivity contribution in [1.29, 1.82) is 0 Å². The number of benzene rings is 1. The molecule has 0 heterocycles. The molecular weight excluding hydrogens is 240 g/mol. The Kier molecular flexibility index (Phi) is 3.98. The molecule has 7 nitrogen and oxygen atoms in total. The number of nitrogens with zero attached hydrogens (tertiary/aromatic N) is 1. The summed E-state index contributed by atoms with van der Waals surface area (Å²) in [5.74, 6) is -3.19. The highest BCUT2D eigenvalue weighted by Crippen LogP contribution is 2.22. The van der Waals surface area contributed by atoms with Gasteiger partial charge in [0.1, 0.15) is 5.92 Å². The third-order valence-electron chi connectivity index (χ3n) is 2.44. The standard InChI is InChI=1S/C11H12N2O5/c1-6-3-4-8(5-9(6)13(17)18)12-10(14)7(2)11(15)16/h3-5,7H,1-2H3,(H,12,14)(H,15,16). The SMILES string of the molecule is Cc1ccc(NC(=O)C(C)C(=O)O)cc1[N+](=O)[O-]. The maximum atomic E-state index is 11.5. The van der Waals surface area contributed by atoms with Gasteiger partial charge in [-0.2, -0.15) is 0 Å². The van der Waals surface area contributed by atoms with E-state index in [9.17, 15) is 19.7 Å². The number of nitrogens with one attached hydrogen (secondary N) is 1. The minimum absolute atomic E-state index is 0.129. The van der Waals surface area contributed by atoms with Crippen molar-refractivity contribution in [2.45, 2.75) is 13.8 Å². The molecular formula is C11H12N2O5. The predicted molar refractivity (Wildman–Crippen MR) is 63.3 cm³/mol. The summed E-state index contributed by atoms with van der Waals surface area (Å²) >= 11 is 0. The Hall–Kier alpha value is -2.44. The molecule has 0 spiro atoms. The molecule has 0 fully saturated rings. The van der Waals surface area contributed by atoms with Gasteiger partial charge in [0.2, 0.25) is 5.91 Å². The van der Waals surface area contributed by atoms with E-state index >= 15 is 0 Å². The van der Waals surface area contributed by atoms with Crippen molar-refractivity contribution in [3.8, 4) is 0 Å². The normalized spacial score (nSPS) is 11.7. The Balaban J connectivity index is 2.93. The highest BCUT2D eigenvalue weighted by atomic mass is 16.6. The number of aliphatic carboxylic acids is 1. The second-order valence-electron chi connectivity index (χ2n) is 3.81. The van der Waals surface area contributed by atoms with Crippen LogP contribution >= 0.6 is 0 Å². The minimum Gasteiger partial charge on any atom is -0.481 e. The van der Waals surface area contributed by atoms with E-state index in [-0.39, 0.29) is 11.4 Å². The van der Waals surface area contributed by atoms with Crippen molar-refractivity contribution in [2.24, 2.45) is 5.92 Å². The first-order chi connectivity index (χ1) is 8.32. The van der Waals surface area contributed by atoms with E-state index in [0.29, 0.717) is 5.56 Å². The number of anilines is 1. The number of rotatable bonds is 4. The molecule has 18 heavy (non-hydrogen) atoms. The second-order valence-corrected chi connectivity index (χ2v) is 3.81. The van der Waals surface area contributed by atoms with Gasteiger partial charge in [0, 0.05) is 17.3 Å². The molecule has 0 saturated carbocycles. The van der Waals surface area contributed by atoms with Crippen LogP contribution in [0.5, 0.6) is 0 Å². The van der Waals surface area contributed by atoms with Gasteiger partial charge in [0.15, 0.2) is 0 Å². The fourth-order valence-corrected chi connectivity index (χ4v) is 1.25. The van der Waals surface area contributed by atoms with E-state index in [1.807, 2.05) is 0 Å². The molecule has 96 valence electrons. The number of aryl methyl sites for hydroxylation is 1. The Morgan fingerprint density at radius 1 is 1.44 bits per heavy atom. The number of carbonyl (C=O) groups excluding carboxylic acids is 1. The van der Waals surface area contributed by atoms with Crippen LogP contribution in [-0.4, -0.2) is 21.9 Å². The topological polar surface area (TPSA) is 110 Å². The monoisotopic (exact) mass is 252 g/mol. The van der Waals surface area contributed by atoms with E-state index < -0.39 is 22.7 Å². The van der Waals surface area contributed by atoms with Crippen LogP contribution in [0, 0.1) is 23.0 Å². The summed E-state index contributed by atoms with van der Waals surface area (Å²) < 4.78 is 0. The highest BCUT2D eigenvalue weighted by Gasteiger charge is 2.21. The number of nitro groups is 1. The summed E-state index contributed by atoms with van der Waals surface area (Å²) in [6.45, 7) is 2.81. The van der Waals surface area contributed by atoms with Crippen LogP contribution in [0.15, 0.2) is 18.2 Å². The molecule has 1 rings (SSSR count). The zero-order chi connectivity index (χ0) is 13.9. The average molecular weight is 252 g/mol. The number of nitro benzene ring substituents is 1. The van der Waals surface area contributed by atoms with Gasteiger partial charge in [-0.25, -0.2) is 0 Å². The maximum Gasteiger partial charge on any atom is 0.315 e. The first-order valence-electron chi connectivity index (χ1n) is 5.11. The molecule has 0 aromatic heterocycles. The maximum absolute atomic E-state index is 11.5. The predicted octanol–water partition coefficient (Wildman–Crippen LogP) is 1.56. The van der Waals surface area contributed by atoms with Gasteiger partial charge in [-0.15, -0.1) is 0 Å². The number of hydrogen-bond acceptors (Lipinski definition) is 4. The van der Waals surface area contributed by atoms with Crippen molar-refractivity contribution in [1.82, 2.24) is 0 Å². The summed E-state index contributed by atoms with van der Waals surface area (Å²) in [7, 11) is 0. The van der Waals surface area contributed by atoms with Crippen LogP contribution < -0.4 is 5.32 Å². The van der Waals surface area contributed by atoms with Crippen LogP contribution in [0.25, 0.3) is 0 Å². The molecule has 0 aliphatic carbocycles. The lowest BCUT2D eigenvalue weighted by molar-refractivity contribution is -0.385. The summed E-state index contributed by atoms with van der Waals surface area (Å²) in [6.07, 6.45) is 0. The summed E-state index contributed by atoms with van der Waals surface area (Å²) in [4.78, 5) is 32.2. The Morgan fingerprint density at radius 2 is 2.06 bits per heavy atom. The lowest BCUT2D eigenvalue weighted by Crippen LogP contribution is -2.26. The van der Waals surface area contributed by atoms with E-state index in [4.69, 9.17) is 5.11 Å². The molecule has 0 radical (unpaired) electrons. The summed E-state index contributed by atoms with van der Waals surface area (Å²) in [5, 5.41) is 21.7. The van der Waals surface area contributed by atoms with Crippen molar-refractivity contribution in [2.75, 3.05) is 5.32 Å². The molecule has 1 aromatic rings. The minimum atomic E-state index is -1.26. The quantitative estimate of drug-likeness (QED) is 0.480. The molecule has 0 bridgehead atoms. The summed E-state index contributed by atoms with van der Waals surface area (Å²) in [5.41, 5.74) is 0.533. The van der Waals surface area contributed by atoms with Gasteiger partial charge in [-0.1, -0.05) is 6.07 Å². The van der Waals surface area contributed by atoms with Gasteiger partial charge < -0.3 is 10.4 Å². The number of carboxylic acid groups (broad SMARTS) is 1. The zero-order valence-corrected chi connectivity index (χ0v) is 9.84. The Morgan fingerprint density at radius 3 is 2.56 bits per heavy atom. The highest BCUT2D eigenvalue weighted by molar-refractivity contribution is 6.03. The van der Waals surface area contributed by atoms with Gasteiger partial charge in [-0.3, -0.25) is 19.7 Å². The Labute approximate surface area is 103 Å². The smallest absolute Gasteiger partial charge is 0.315 e. The first kappa shape index (κ1) is 13.6. The van der Waals surface area contributed by atoms with Crippen molar-refractivity contribution < 1.29 is 19.6 Å². The van der Waals surface area contributed by atoms with Crippen LogP contribution in [0.1, 0.15) is 12.5 Å². The molecule has 2 N–H and O–H groups in total. The lowest BCUT2D eigenvalue weighted by Gasteiger charge is -2.08. The summed E-state index contributed by atoms with van der Waals surface area (Å²) in [6, 6.07) is 4.16. The molecule has 0 saturated heterocycles. The average Bonchev–Trinajstić information content (AvgIpc) is 2.29. The van der Waals surface area contributed by atoms with Crippen LogP contribution in [0.3, 0.4) is 0 Å². The van der Waals surface area contributed by atoms with Crippen molar-refractivity contribution in [3.05, 3.63) is 33.9 Å². The zero-order valence-electron chi connectivity index (χ0n) is 9.84.